The lowest BCUT2D eigenvalue weighted by Gasteiger charge is -2.30. The van der Waals surface area contributed by atoms with Crippen molar-refractivity contribution in [1.82, 2.24) is 9.55 Å². The van der Waals surface area contributed by atoms with Crippen LogP contribution in [0.15, 0.2) is 66.1 Å². The Kier molecular flexibility index (Phi) is 6.97. The number of carboxylic acid groups (broad SMARTS) is 1. The van der Waals surface area contributed by atoms with Crippen LogP contribution in [-0.2, 0) is 21.8 Å². The van der Waals surface area contributed by atoms with Gasteiger partial charge in [-0.1, -0.05) is 29.3 Å². The smallest absolute Gasteiger partial charge is 0.411 e. The van der Waals surface area contributed by atoms with Gasteiger partial charge in [-0.15, -0.1) is 11.8 Å². The highest BCUT2D eigenvalue weighted by molar-refractivity contribution is 7.99. The minimum atomic E-state index is -1.05. The Morgan fingerprint density at radius 3 is 2.75 bits per heavy atom. The fourth-order valence-electron chi connectivity index (χ4n) is 3.44. The number of benzene rings is 2. The lowest BCUT2D eigenvalue weighted by molar-refractivity contribution is -0.184. The van der Waals surface area contributed by atoms with Crippen molar-refractivity contribution in [3.63, 3.8) is 0 Å². The zero-order valence-electron chi connectivity index (χ0n) is 17.1. The molecule has 1 saturated heterocycles. The molecule has 1 aliphatic heterocycles. The average Bonchev–Trinajstić information content (AvgIpc) is 3.43. The molecule has 0 unspecified atom stereocenters. The number of imidazole rings is 1. The van der Waals surface area contributed by atoms with Crippen LogP contribution >= 0.6 is 35.0 Å². The molecule has 0 spiro atoms. The lowest BCUT2D eigenvalue weighted by atomic mass is 10.1. The largest absolute Gasteiger partial charge is 0.465 e. The van der Waals surface area contributed by atoms with E-state index in [0.29, 0.717) is 40.2 Å². The van der Waals surface area contributed by atoms with Crippen molar-refractivity contribution in [2.75, 3.05) is 24.3 Å². The summed E-state index contributed by atoms with van der Waals surface area (Å²) in [6.45, 7) is 0.798. The highest BCUT2D eigenvalue weighted by atomic mass is 35.5. The Labute approximate surface area is 199 Å². The molecule has 7 nitrogen and oxygen atoms in total. The summed E-state index contributed by atoms with van der Waals surface area (Å²) in [6, 6.07) is 12.6. The molecule has 2 heterocycles. The first-order valence-electron chi connectivity index (χ1n) is 9.79. The van der Waals surface area contributed by atoms with Gasteiger partial charge in [0.25, 0.3) is 0 Å². The van der Waals surface area contributed by atoms with Crippen LogP contribution in [0.3, 0.4) is 0 Å². The number of anilines is 1. The van der Waals surface area contributed by atoms with Crippen molar-refractivity contribution >= 4 is 46.7 Å². The normalized spacial score (nSPS) is 20.4. The van der Waals surface area contributed by atoms with E-state index in [0.717, 1.165) is 4.90 Å². The summed E-state index contributed by atoms with van der Waals surface area (Å²) in [4.78, 5) is 17.4. The molecule has 1 N–H and O–H groups in total. The maximum Gasteiger partial charge on any atom is 0.411 e. The molecule has 1 aromatic heterocycles. The fraction of sp³-hybridized carbons (Fsp3) is 0.273. The molecule has 2 aromatic carbocycles. The van der Waals surface area contributed by atoms with Gasteiger partial charge >= 0.3 is 6.09 Å². The van der Waals surface area contributed by atoms with Crippen LogP contribution in [0.2, 0.25) is 10.0 Å². The van der Waals surface area contributed by atoms with Crippen molar-refractivity contribution in [2.24, 2.45) is 0 Å². The molecule has 10 heteroatoms. The zero-order valence-corrected chi connectivity index (χ0v) is 19.5. The highest BCUT2D eigenvalue weighted by Crippen LogP contribution is 2.41. The van der Waals surface area contributed by atoms with Crippen LogP contribution < -0.4 is 4.90 Å². The molecule has 0 bridgehead atoms. The van der Waals surface area contributed by atoms with Crippen LogP contribution in [-0.4, -0.2) is 46.3 Å². The molecular weight excluding hydrogens is 473 g/mol. The summed E-state index contributed by atoms with van der Waals surface area (Å²) in [6.07, 6.45) is 4.07. The van der Waals surface area contributed by atoms with E-state index in [9.17, 15) is 4.79 Å². The summed E-state index contributed by atoms with van der Waals surface area (Å²) < 4.78 is 14.5. The van der Waals surface area contributed by atoms with Crippen LogP contribution in [0.5, 0.6) is 0 Å². The lowest BCUT2D eigenvalue weighted by Crippen LogP contribution is -2.34. The molecule has 168 valence electrons. The van der Waals surface area contributed by atoms with E-state index in [1.165, 1.54) is 11.9 Å². The standard InChI is InChI=1S/C22H21Cl2N3O4S/c1-26(21(28)29)16-3-5-18(6-4-16)32-12-17-11-30-22(31-17,13-27-9-8-25-14-27)19-7-2-15(23)10-20(19)24/h2-10,14,17H,11-13H2,1H3,(H,28,29)/t17-,22+/m0/s1. The number of hydrogen-bond acceptors (Lipinski definition) is 5. The monoisotopic (exact) mass is 493 g/mol. The molecule has 0 saturated carbocycles. The van der Waals surface area contributed by atoms with Gasteiger partial charge in [0.15, 0.2) is 0 Å². The van der Waals surface area contributed by atoms with Crippen molar-refractivity contribution in [3.05, 3.63) is 76.8 Å². The van der Waals surface area contributed by atoms with E-state index >= 15 is 0 Å². The van der Waals surface area contributed by atoms with Gasteiger partial charge in [0.2, 0.25) is 5.79 Å². The number of ether oxygens (including phenoxy) is 2. The molecule has 0 radical (unpaired) electrons. The van der Waals surface area contributed by atoms with Gasteiger partial charge in [0.1, 0.15) is 0 Å². The zero-order chi connectivity index (χ0) is 22.7. The summed E-state index contributed by atoms with van der Waals surface area (Å²) >= 11 is 14.2. The fourth-order valence-corrected chi connectivity index (χ4v) is 4.86. The van der Waals surface area contributed by atoms with Crippen LogP contribution in [0.1, 0.15) is 5.56 Å². The Bertz CT molecular complexity index is 1080. The molecule has 32 heavy (non-hydrogen) atoms. The van der Waals surface area contributed by atoms with E-state index in [4.69, 9.17) is 37.8 Å². The number of aromatic nitrogens is 2. The van der Waals surface area contributed by atoms with E-state index in [2.05, 4.69) is 4.98 Å². The number of rotatable bonds is 7. The highest BCUT2D eigenvalue weighted by Gasteiger charge is 2.45. The summed E-state index contributed by atoms with van der Waals surface area (Å²) in [7, 11) is 1.51. The Morgan fingerprint density at radius 1 is 1.31 bits per heavy atom. The molecule has 4 rings (SSSR count). The number of halogens is 2. The molecule has 1 fully saturated rings. The quantitative estimate of drug-likeness (QED) is 0.446. The summed E-state index contributed by atoms with van der Waals surface area (Å²) in [5, 5.41) is 10.1. The number of hydrogen-bond donors (Lipinski definition) is 1. The van der Waals surface area contributed by atoms with Gasteiger partial charge in [-0.2, -0.15) is 0 Å². The number of carbonyl (C=O) groups is 1. The maximum atomic E-state index is 11.1. The van der Waals surface area contributed by atoms with Crippen LogP contribution in [0.4, 0.5) is 10.5 Å². The minimum absolute atomic E-state index is 0.170. The topological polar surface area (TPSA) is 76.8 Å². The first kappa shape index (κ1) is 22.9. The van der Waals surface area contributed by atoms with Gasteiger partial charge in [-0.3, -0.25) is 4.90 Å². The Morgan fingerprint density at radius 2 is 2.09 bits per heavy atom. The predicted octanol–water partition coefficient (Wildman–Crippen LogP) is 5.36. The third-order valence-corrected chi connectivity index (χ3v) is 6.79. The van der Waals surface area contributed by atoms with E-state index in [1.807, 2.05) is 29.0 Å². The minimum Gasteiger partial charge on any atom is -0.465 e. The second-order valence-corrected chi connectivity index (χ2v) is 9.25. The SMILES string of the molecule is CN(C(=O)O)c1ccc(SC[C@@H]2CO[C@@](Cn3ccnc3)(c3ccc(Cl)cc3Cl)O2)cc1. The van der Waals surface area contributed by atoms with Gasteiger partial charge in [-0.25, -0.2) is 9.78 Å². The van der Waals surface area contributed by atoms with Gasteiger partial charge in [0, 0.05) is 46.4 Å². The van der Waals surface area contributed by atoms with E-state index in [1.54, 1.807) is 48.6 Å². The molecule has 3 aromatic rings. The molecule has 1 aliphatic rings. The third kappa shape index (κ3) is 5.05. The molecule has 2 atom stereocenters. The molecular formula is C22H21Cl2N3O4S. The van der Waals surface area contributed by atoms with Crippen LogP contribution in [0, 0.1) is 0 Å². The Hall–Kier alpha value is -2.23. The molecule has 0 aliphatic carbocycles. The van der Waals surface area contributed by atoms with Crippen LogP contribution in [0.25, 0.3) is 0 Å². The third-order valence-electron chi connectivity index (χ3n) is 5.10. The Balaban J connectivity index is 1.47. The van der Waals surface area contributed by atoms with Crippen molar-refractivity contribution < 1.29 is 19.4 Å². The average molecular weight is 494 g/mol. The first-order chi connectivity index (χ1) is 15.4. The van der Waals surface area contributed by atoms with Crippen molar-refractivity contribution in [2.45, 2.75) is 23.3 Å². The summed E-state index contributed by atoms with van der Waals surface area (Å²) in [5.74, 6) is -0.396. The van der Waals surface area contributed by atoms with Gasteiger partial charge in [-0.05, 0) is 36.4 Å². The number of nitrogens with zero attached hydrogens (tertiary/aromatic N) is 3. The van der Waals surface area contributed by atoms with Gasteiger partial charge < -0.3 is 19.1 Å². The number of amides is 1. The second kappa shape index (κ2) is 9.72. The predicted molar refractivity (Wildman–Crippen MR) is 125 cm³/mol. The van der Waals surface area contributed by atoms with E-state index < -0.39 is 11.9 Å². The second-order valence-electron chi connectivity index (χ2n) is 7.31. The van der Waals surface area contributed by atoms with E-state index in [-0.39, 0.29) is 6.10 Å². The maximum absolute atomic E-state index is 11.1. The van der Waals surface area contributed by atoms with Crippen molar-refractivity contribution in [1.29, 1.82) is 0 Å². The first-order valence-corrected chi connectivity index (χ1v) is 11.5. The number of thioether (sulfide) groups is 1. The van der Waals surface area contributed by atoms with Crippen molar-refractivity contribution in [3.8, 4) is 0 Å². The summed E-state index contributed by atoms with van der Waals surface area (Å²) in [5.41, 5.74) is 1.32. The van der Waals surface area contributed by atoms with Gasteiger partial charge in [0.05, 0.1) is 30.6 Å². The molecule has 1 amide bonds.